The summed E-state index contributed by atoms with van der Waals surface area (Å²) in [5.74, 6) is 1.15. The summed E-state index contributed by atoms with van der Waals surface area (Å²) in [6.45, 7) is 4.54. The van der Waals surface area contributed by atoms with E-state index in [1.54, 1.807) is 4.68 Å². The minimum Gasteiger partial charge on any atom is -0.342 e. The molecule has 2 saturated heterocycles. The van der Waals surface area contributed by atoms with Gasteiger partial charge in [-0.25, -0.2) is 4.68 Å². The number of likely N-dealkylation sites (tertiary alicyclic amines) is 1. The topological polar surface area (TPSA) is 87.5 Å². The van der Waals surface area contributed by atoms with Crippen molar-refractivity contribution in [1.29, 1.82) is 0 Å². The Morgan fingerprint density at radius 3 is 2.85 bits per heavy atom. The molecule has 0 unspecified atom stereocenters. The van der Waals surface area contributed by atoms with Gasteiger partial charge in [-0.05, 0) is 49.1 Å². The summed E-state index contributed by atoms with van der Waals surface area (Å²) in [5.41, 5.74) is -0.0866. The Hall–Kier alpha value is -2.03. The lowest BCUT2D eigenvalue weighted by atomic mass is 9.86. The molecule has 3 fully saturated rings. The molecule has 0 N–H and O–H groups in total. The number of carbonyl (C=O) groups is 2. The Labute approximate surface area is 159 Å². The predicted octanol–water partition coefficient (Wildman–Crippen LogP) is -0.00150. The molecule has 2 amide bonds. The van der Waals surface area contributed by atoms with E-state index in [0.717, 1.165) is 44.9 Å². The molecule has 2 aliphatic heterocycles. The van der Waals surface area contributed by atoms with Crippen LogP contribution in [0.15, 0.2) is 6.33 Å². The Morgan fingerprint density at radius 2 is 2.11 bits per heavy atom. The van der Waals surface area contributed by atoms with Crippen LogP contribution in [0.3, 0.4) is 0 Å². The van der Waals surface area contributed by atoms with E-state index in [1.807, 2.05) is 4.90 Å². The van der Waals surface area contributed by atoms with Crippen LogP contribution in [0.5, 0.6) is 0 Å². The molecule has 0 radical (unpaired) electrons. The van der Waals surface area contributed by atoms with Crippen LogP contribution in [0.2, 0.25) is 0 Å². The van der Waals surface area contributed by atoms with Crippen LogP contribution in [-0.4, -0.2) is 92.0 Å². The quantitative estimate of drug-likeness (QED) is 0.720. The Morgan fingerprint density at radius 1 is 1.26 bits per heavy atom. The summed E-state index contributed by atoms with van der Waals surface area (Å²) >= 11 is 0. The minimum atomic E-state index is -0.0866. The molecule has 0 aromatic carbocycles. The fourth-order valence-corrected chi connectivity index (χ4v) is 4.36. The van der Waals surface area contributed by atoms with Gasteiger partial charge in [-0.1, -0.05) is 0 Å². The van der Waals surface area contributed by atoms with Crippen LogP contribution >= 0.6 is 0 Å². The molecule has 0 bridgehead atoms. The molecular formula is C18H29N7O2. The van der Waals surface area contributed by atoms with Gasteiger partial charge in [0.25, 0.3) is 0 Å². The Kier molecular flexibility index (Phi) is 5.12. The maximum Gasteiger partial charge on any atom is 0.224 e. The van der Waals surface area contributed by atoms with Gasteiger partial charge in [0.05, 0.1) is 6.54 Å². The average Bonchev–Trinajstić information content (AvgIpc) is 3.37. The molecular weight excluding hydrogens is 346 g/mol. The standard InChI is InChI=1S/C18H29N7O2/c1-22-10-11-24(17(27)5-8-25-14-19-20-21-25)13-18(22)6-4-16(26)23(9-7-18)12-15-2-3-15/h14-15H,2-13H2,1H3/t18-/m0/s1. The molecule has 9 nitrogen and oxygen atoms in total. The minimum absolute atomic E-state index is 0.0866. The second-order valence-corrected chi connectivity index (χ2v) is 8.32. The summed E-state index contributed by atoms with van der Waals surface area (Å²) in [6, 6.07) is 0. The number of piperazine rings is 1. The zero-order valence-corrected chi connectivity index (χ0v) is 16.1. The van der Waals surface area contributed by atoms with Crippen molar-refractivity contribution >= 4 is 11.8 Å². The summed E-state index contributed by atoms with van der Waals surface area (Å²) in [4.78, 5) is 31.7. The zero-order chi connectivity index (χ0) is 18.9. The number of hydrogen-bond donors (Lipinski definition) is 0. The van der Waals surface area contributed by atoms with Gasteiger partial charge in [0.1, 0.15) is 6.33 Å². The highest BCUT2D eigenvalue weighted by Gasteiger charge is 2.43. The maximum atomic E-state index is 12.7. The number of rotatable bonds is 5. The van der Waals surface area contributed by atoms with E-state index in [4.69, 9.17) is 0 Å². The Balaban J connectivity index is 1.38. The van der Waals surface area contributed by atoms with Crippen molar-refractivity contribution in [2.45, 2.75) is 50.6 Å². The third kappa shape index (κ3) is 4.12. The molecule has 1 saturated carbocycles. The van der Waals surface area contributed by atoms with Crippen LogP contribution < -0.4 is 0 Å². The smallest absolute Gasteiger partial charge is 0.224 e. The number of hydrogen-bond acceptors (Lipinski definition) is 6. The zero-order valence-electron chi connectivity index (χ0n) is 16.1. The van der Waals surface area contributed by atoms with E-state index in [0.29, 0.717) is 25.9 Å². The van der Waals surface area contributed by atoms with Gasteiger partial charge >= 0.3 is 0 Å². The average molecular weight is 375 g/mol. The first kappa shape index (κ1) is 18.3. The summed E-state index contributed by atoms with van der Waals surface area (Å²) in [6.07, 6.45) is 6.82. The first-order chi connectivity index (χ1) is 13.1. The molecule has 27 heavy (non-hydrogen) atoms. The van der Waals surface area contributed by atoms with Crippen molar-refractivity contribution in [3.05, 3.63) is 6.33 Å². The highest BCUT2D eigenvalue weighted by Crippen LogP contribution is 2.35. The van der Waals surface area contributed by atoms with E-state index >= 15 is 0 Å². The van der Waals surface area contributed by atoms with Crippen molar-refractivity contribution in [2.24, 2.45) is 5.92 Å². The summed E-state index contributed by atoms with van der Waals surface area (Å²) in [7, 11) is 2.14. The Bertz CT molecular complexity index is 675. The third-order valence-corrected chi connectivity index (χ3v) is 6.48. The van der Waals surface area contributed by atoms with Gasteiger partial charge in [-0.3, -0.25) is 14.5 Å². The highest BCUT2D eigenvalue weighted by molar-refractivity contribution is 5.77. The second kappa shape index (κ2) is 7.53. The fourth-order valence-electron chi connectivity index (χ4n) is 4.36. The van der Waals surface area contributed by atoms with Crippen LogP contribution in [0.4, 0.5) is 0 Å². The highest BCUT2D eigenvalue weighted by atomic mass is 16.2. The maximum absolute atomic E-state index is 12.7. The monoisotopic (exact) mass is 375 g/mol. The van der Waals surface area contributed by atoms with Crippen LogP contribution in [-0.2, 0) is 16.1 Å². The van der Waals surface area contributed by atoms with Crippen molar-refractivity contribution < 1.29 is 9.59 Å². The number of aryl methyl sites for hydroxylation is 1. The molecule has 148 valence electrons. The van der Waals surface area contributed by atoms with Crippen LogP contribution in [0.1, 0.15) is 38.5 Å². The first-order valence-electron chi connectivity index (χ1n) is 10.0. The van der Waals surface area contributed by atoms with Gasteiger partial charge in [0, 0.05) is 51.1 Å². The molecule has 1 atom stereocenters. The van der Waals surface area contributed by atoms with Crippen molar-refractivity contribution in [1.82, 2.24) is 34.9 Å². The van der Waals surface area contributed by atoms with Crippen LogP contribution in [0.25, 0.3) is 0 Å². The third-order valence-electron chi connectivity index (χ3n) is 6.48. The van der Waals surface area contributed by atoms with Gasteiger partial charge < -0.3 is 9.80 Å². The molecule has 3 heterocycles. The molecule has 1 aromatic heterocycles. The van der Waals surface area contributed by atoms with Crippen LogP contribution in [0, 0.1) is 5.92 Å². The first-order valence-corrected chi connectivity index (χ1v) is 10.0. The normalized spacial score (nSPS) is 27.2. The molecule has 1 aliphatic carbocycles. The van der Waals surface area contributed by atoms with Gasteiger partial charge in [0.2, 0.25) is 11.8 Å². The van der Waals surface area contributed by atoms with E-state index < -0.39 is 0 Å². The van der Waals surface area contributed by atoms with E-state index in [-0.39, 0.29) is 17.4 Å². The molecule has 3 aliphatic rings. The lowest BCUT2D eigenvalue weighted by molar-refractivity contribution is -0.137. The van der Waals surface area contributed by atoms with Gasteiger partial charge in [-0.15, -0.1) is 5.10 Å². The van der Waals surface area contributed by atoms with Gasteiger partial charge in [0.15, 0.2) is 0 Å². The number of nitrogens with zero attached hydrogens (tertiary/aromatic N) is 7. The van der Waals surface area contributed by atoms with E-state index in [9.17, 15) is 9.59 Å². The molecule has 4 rings (SSSR count). The molecule has 9 heteroatoms. The number of tetrazole rings is 1. The fraction of sp³-hybridized carbons (Fsp3) is 0.833. The lowest BCUT2D eigenvalue weighted by Gasteiger charge is -2.49. The summed E-state index contributed by atoms with van der Waals surface area (Å²) in [5, 5.41) is 11.0. The second-order valence-electron chi connectivity index (χ2n) is 8.32. The molecule has 1 aromatic rings. The number of likely N-dealkylation sites (N-methyl/N-ethyl adjacent to an activating group) is 1. The molecule has 1 spiro atoms. The van der Waals surface area contributed by atoms with E-state index in [1.165, 1.54) is 19.2 Å². The SMILES string of the molecule is CN1CCN(C(=O)CCn2cnnn2)C[C@@]12CCC(=O)N(CC1CC1)CC2. The van der Waals surface area contributed by atoms with Crippen molar-refractivity contribution in [2.75, 3.05) is 39.8 Å². The van der Waals surface area contributed by atoms with Crippen molar-refractivity contribution in [3.8, 4) is 0 Å². The van der Waals surface area contributed by atoms with Crippen molar-refractivity contribution in [3.63, 3.8) is 0 Å². The summed E-state index contributed by atoms with van der Waals surface area (Å²) < 4.78 is 1.59. The number of carbonyl (C=O) groups excluding carboxylic acids is 2. The van der Waals surface area contributed by atoms with Gasteiger partial charge in [-0.2, -0.15) is 0 Å². The predicted molar refractivity (Wildman–Crippen MR) is 97.5 cm³/mol. The largest absolute Gasteiger partial charge is 0.342 e. The number of aromatic nitrogens is 4. The van der Waals surface area contributed by atoms with E-state index in [2.05, 4.69) is 32.4 Å². The lowest BCUT2D eigenvalue weighted by Crippen LogP contribution is -2.62. The number of amides is 2.